The van der Waals surface area contributed by atoms with Crippen LogP contribution in [0.2, 0.25) is 0 Å². The Hall–Kier alpha value is -1.70. The topological polar surface area (TPSA) is 76.3 Å². The summed E-state index contributed by atoms with van der Waals surface area (Å²) < 4.78 is 36.4. The van der Waals surface area contributed by atoms with Gasteiger partial charge in [0.05, 0.1) is 11.5 Å². The average Bonchev–Trinajstić information content (AvgIpc) is 2.15. The fraction of sp³-hybridized carbons (Fsp3) is 0.286. The number of alkyl halides is 3. The Bertz CT molecular complexity index is 392. The molecule has 0 atom stereocenters. The first-order chi connectivity index (χ1) is 6.86. The Labute approximate surface area is 81.3 Å². The lowest BCUT2D eigenvalue weighted by Gasteiger charge is -2.06. The van der Waals surface area contributed by atoms with Crippen LogP contribution in [0.15, 0.2) is 12.1 Å². The van der Waals surface area contributed by atoms with Gasteiger partial charge in [0, 0.05) is 6.07 Å². The Kier molecular flexibility index (Phi) is 2.89. The molecule has 0 aliphatic heterocycles. The molecule has 0 radical (unpaired) electrons. The average molecular weight is 222 g/mol. The van der Waals surface area contributed by atoms with E-state index in [0.29, 0.717) is 12.1 Å². The molecule has 1 heterocycles. The molecule has 1 N–H and O–H groups in total. The highest BCUT2D eigenvalue weighted by Crippen LogP contribution is 2.29. The van der Waals surface area contributed by atoms with Gasteiger partial charge in [-0.15, -0.1) is 0 Å². The summed E-state index contributed by atoms with van der Waals surface area (Å²) in [4.78, 5) is 12.4. The number of aliphatic hydroxyl groups excluding tert-OH is 1. The van der Waals surface area contributed by atoms with E-state index in [1.807, 2.05) is 0 Å². The van der Waals surface area contributed by atoms with Crippen LogP contribution in [0.5, 0.6) is 0 Å². The highest BCUT2D eigenvalue weighted by molar-refractivity contribution is 5.36. The van der Waals surface area contributed by atoms with E-state index in [4.69, 9.17) is 5.11 Å². The van der Waals surface area contributed by atoms with E-state index in [1.165, 1.54) is 0 Å². The van der Waals surface area contributed by atoms with E-state index in [0.717, 1.165) is 0 Å². The molecule has 0 aromatic carbocycles. The molecule has 1 aromatic rings. The van der Waals surface area contributed by atoms with Crippen molar-refractivity contribution in [2.75, 3.05) is 0 Å². The fourth-order valence-electron chi connectivity index (χ4n) is 0.934. The number of halogens is 3. The van der Waals surface area contributed by atoms with Crippen LogP contribution < -0.4 is 0 Å². The molecule has 8 heteroatoms. The van der Waals surface area contributed by atoms with E-state index < -0.39 is 34.8 Å². The van der Waals surface area contributed by atoms with Gasteiger partial charge < -0.3 is 5.11 Å². The van der Waals surface area contributed by atoms with Crippen LogP contribution in [-0.4, -0.2) is 15.0 Å². The number of hydrogen-bond donors (Lipinski definition) is 1. The van der Waals surface area contributed by atoms with Crippen LogP contribution in [0.1, 0.15) is 11.4 Å². The third kappa shape index (κ3) is 2.40. The molecular weight excluding hydrogens is 217 g/mol. The molecule has 0 saturated heterocycles. The first kappa shape index (κ1) is 11.4. The minimum atomic E-state index is -4.68. The van der Waals surface area contributed by atoms with Crippen molar-refractivity contribution in [2.24, 2.45) is 0 Å². The number of nitrogens with zero attached hydrogens (tertiary/aromatic N) is 2. The second-order valence-corrected chi connectivity index (χ2v) is 2.58. The first-order valence-electron chi connectivity index (χ1n) is 3.68. The minimum absolute atomic E-state index is 0.497. The molecular formula is C7H5F3N2O3. The van der Waals surface area contributed by atoms with Crippen molar-refractivity contribution in [2.45, 2.75) is 12.8 Å². The van der Waals surface area contributed by atoms with Gasteiger partial charge in [0.1, 0.15) is 11.4 Å². The van der Waals surface area contributed by atoms with Crippen LogP contribution in [0.25, 0.3) is 0 Å². The molecule has 0 fully saturated rings. The standard InChI is InChI=1S/C7H5F3N2O3/c8-7(9,10)6-2-1-5(12(14)15)4(3-13)11-6/h1-2,13H,3H2. The lowest BCUT2D eigenvalue weighted by atomic mass is 10.2. The second-order valence-electron chi connectivity index (χ2n) is 2.58. The van der Waals surface area contributed by atoms with Gasteiger partial charge in [0.25, 0.3) is 5.69 Å². The number of pyridine rings is 1. The van der Waals surface area contributed by atoms with Crippen LogP contribution in [-0.2, 0) is 12.8 Å². The molecule has 1 aromatic heterocycles. The van der Waals surface area contributed by atoms with E-state index in [1.54, 1.807) is 0 Å². The predicted octanol–water partition coefficient (Wildman–Crippen LogP) is 1.50. The molecule has 15 heavy (non-hydrogen) atoms. The number of hydrogen-bond acceptors (Lipinski definition) is 4. The number of aliphatic hydroxyl groups is 1. The Morgan fingerprint density at radius 2 is 2.07 bits per heavy atom. The van der Waals surface area contributed by atoms with Gasteiger partial charge in [-0.3, -0.25) is 10.1 Å². The zero-order chi connectivity index (χ0) is 11.6. The van der Waals surface area contributed by atoms with Gasteiger partial charge >= 0.3 is 6.18 Å². The first-order valence-corrected chi connectivity index (χ1v) is 3.68. The third-order valence-electron chi connectivity index (χ3n) is 1.59. The van der Waals surface area contributed by atoms with Crippen molar-refractivity contribution in [3.8, 4) is 0 Å². The zero-order valence-corrected chi connectivity index (χ0v) is 7.15. The number of aromatic nitrogens is 1. The summed E-state index contributed by atoms with van der Waals surface area (Å²) in [6.07, 6.45) is -4.68. The second kappa shape index (κ2) is 3.81. The largest absolute Gasteiger partial charge is 0.433 e. The van der Waals surface area contributed by atoms with Crippen molar-refractivity contribution < 1.29 is 23.2 Å². The fourth-order valence-corrected chi connectivity index (χ4v) is 0.934. The highest BCUT2D eigenvalue weighted by Gasteiger charge is 2.34. The molecule has 5 nitrogen and oxygen atoms in total. The van der Waals surface area contributed by atoms with Crippen molar-refractivity contribution in [1.82, 2.24) is 4.98 Å². The maximum absolute atomic E-state index is 12.1. The molecule has 0 aliphatic carbocycles. The van der Waals surface area contributed by atoms with Gasteiger partial charge in [0.2, 0.25) is 0 Å². The summed E-state index contributed by atoms with van der Waals surface area (Å²) in [7, 11) is 0. The Morgan fingerprint density at radius 1 is 1.47 bits per heavy atom. The molecule has 0 aliphatic rings. The van der Waals surface area contributed by atoms with Gasteiger partial charge in [0.15, 0.2) is 0 Å². The molecule has 0 bridgehead atoms. The SMILES string of the molecule is O=[N+]([O-])c1ccc(C(F)(F)F)nc1CO. The van der Waals surface area contributed by atoms with Crippen LogP contribution in [0.4, 0.5) is 18.9 Å². The predicted molar refractivity (Wildman–Crippen MR) is 41.8 cm³/mol. The molecule has 1 rings (SSSR count). The summed E-state index contributed by atoms with van der Waals surface area (Å²) in [6.45, 7) is -0.916. The normalized spacial score (nSPS) is 11.5. The summed E-state index contributed by atoms with van der Waals surface area (Å²) in [6, 6.07) is 1.17. The van der Waals surface area contributed by atoms with Crippen molar-refractivity contribution in [3.63, 3.8) is 0 Å². The molecule has 0 unspecified atom stereocenters. The van der Waals surface area contributed by atoms with E-state index in [2.05, 4.69) is 4.98 Å². The maximum Gasteiger partial charge on any atom is 0.433 e. The minimum Gasteiger partial charge on any atom is -0.390 e. The third-order valence-corrected chi connectivity index (χ3v) is 1.59. The summed E-state index contributed by atoms with van der Waals surface area (Å²) in [5, 5.41) is 18.9. The van der Waals surface area contributed by atoms with Crippen molar-refractivity contribution >= 4 is 5.69 Å². The number of nitro groups is 1. The quantitative estimate of drug-likeness (QED) is 0.607. The van der Waals surface area contributed by atoms with Crippen molar-refractivity contribution in [1.29, 1.82) is 0 Å². The summed E-state index contributed by atoms with van der Waals surface area (Å²) in [5.74, 6) is 0. The monoisotopic (exact) mass is 222 g/mol. The Morgan fingerprint density at radius 3 is 2.47 bits per heavy atom. The molecule has 0 amide bonds. The summed E-state index contributed by atoms with van der Waals surface area (Å²) >= 11 is 0. The van der Waals surface area contributed by atoms with Gasteiger partial charge in [-0.2, -0.15) is 13.2 Å². The molecule has 82 valence electrons. The lowest BCUT2D eigenvalue weighted by molar-refractivity contribution is -0.386. The van der Waals surface area contributed by atoms with E-state index in [-0.39, 0.29) is 0 Å². The van der Waals surface area contributed by atoms with Gasteiger partial charge in [-0.1, -0.05) is 0 Å². The van der Waals surface area contributed by atoms with Gasteiger partial charge in [-0.25, -0.2) is 4.98 Å². The van der Waals surface area contributed by atoms with Crippen LogP contribution >= 0.6 is 0 Å². The van der Waals surface area contributed by atoms with Crippen molar-refractivity contribution in [3.05, 3.63) is 33.6 Å². The smallest absolute Gasteiger partial charge is 0.390 e. The molecule has 0 saturated carbocycles. The molecule has 0 spiro atoms. The van der Waals surface area contributed by atoms with E-state index >= 15 is 0 Å². The maximum atomic E-state index is 12.1. The van der Waals surface area contributed by atoms with Crippen LogP contribution in [0.3, 0.4) is 0 Å². The number of rotatable bonds is 2. The van der Waals surface area contributed by atoms with E-state index in [9.17, 15) is 23.3 Å². The lowest BCUT2D eigenvalue weighted by Crippen LogP contribution is -2.10. The zero-order valence-electron chi connectivity index (χ0n) is 7.15. The van der Waals surface area contributed by atoms with Gasteiger partial charge in [-0.05, 0) is 6.07 Å². The summed E-state index contributed by atoms with van der Waals surface area (Å²) in [5.41, 5.74) is -2.50. The highest BCUT2D eigenvalue weighted by atomic mass is 19.4. The van der Waals surface area contributed by atoms with Crippen LogP contribution in [0, 0.1) is 10.1 Å². The Balaban J connectivity index is 3.25.